The fourth-order valence-corrected chi connectivity index (χ4v) is 14.0. The van der Waals surface area contributed by atoms with Crippen molar-refractivity contribution < 1.29 is 0 Å². The van der Waals surface area contributed by atoms with Crippen LogP contribution in [0, 0.1) is 13.8 Å². The second kappa shape index (κ2) is 20.7. The monoisotopic (exact) mass is 1120 g/mol. The number of pyridine rings is 2. The Bertz CT molecular complexity index is 5730. The van der Waals surface area contributed by atoms with Gasteiger partial charge in [0.15, 0.2) is 0 Å². The fourth-order valence-electron chi connectivity index (χ4n) is 14.0. The molecule has 4 heteroatoms. The first-order valence-corrected chi connectivity index (χ1v) is 30.3. The Kier molecular flexibility index (Phi) is 12.0. The third kappa shape index (κ3) is 8.29. The molecule has 18 rings (SSSR count). The van der Waals surface area contributed by atoms with Crippen LogP contribution in [0.25, 0.3) is 165 Å². The van der Waals surface area contributed by atoms with Gasteiger partial charge in [-0.3, -0.25) is 0 Å². The van der Waals surface area contributed by atoms with Gasteiger partial charge in [-0.15, -0.1) is 0 Å². The second-order valence-electron chi connectivity index (χ2n) is 23.3. The molecule has 0 aliphatic carbocycles. The van der Waals surface area contributed by atoms with Crippen molar-refractivity contribution in [1.82, 2.24) is 19.1 Å². The third-order valence-electron chi connectivity index (χ3n) is 18.1. The minimum absolute atomic E-state index is 0.954. The van der Waals surface area contributed by atoms with E-state index in [0.717, 1.165) is 55.7 Å². The highest BCUT2D eigenvalue weighted by molar-refractivity contribution is 6.26. The molecule has 4 aromatic heterocycles. The molecule has 4 heterocycles. The highest BCUT2D eigenvalue weighted by Crippen LogP contribution is 2.43. The predicted molar refractivity (Wildman–Crippen MR) is 373 cm³/mol. The largest absolute Gasteiger partial charge is 0.309 e. The number of rotatable bonds is 6. The molecule has 14 aromatic carbocycles. The van der Waals surface area contributed by atoms with Crippen molar-refractivity contribution in [3.05, 3.63) is 314 Å². The Balaban J connectivity index is 0.000000140. The highest BCUT2D eigenvalue weighted by atomic mass is 15.0. The van der Waals surface area contributed by atoms with Gasteiger partial charge in [0.2, 0.25) is 0 Å². The molecule has 0 spiro atoms. The number of nitrogens with zero attached hydrogens (tertiary/aromatic N) is 4. The number of aromatic nitrogens is 4. The van der Waals surface area contributed by atoms with Gasteiger partial charge in [-0.1, -0.05) is 236 Å². The first-order valence-electron chi connectivity index (χ1n) is 30.3. The van der Waals surface area contributed by atoms with Crippen LogP contribution >= 0.6 is 0 Å². The summed E-state index contributed by atoms with van der Waals surface area (Å²) in [6, 6.07) is 109. The van der Waals surface area contributed by atoms with Crippen molar-refractivity contribution in [2.75, 3.05) is 0 Å². The van der Waals surface area contributed by atoms with Crippen LogP contribution in [0.2, 0.25) is 0 Å². The van der Waals surface area contributed by atoms with E-state index in [1.807, 2.05) is 0 Å². The van der Waals surface area contributed by atoms with Gasteiger partial charge in [0.25, 0.3) is 0 Å². The van der Waals surface area contributed by atoms with Gasteiger partial charge in [-0.05, 0) is 147 Å². The standard InChI is InChI=1S/C47H30N2.C37H26N2/c1-3-13-31(14-4-1)33-23-25-35-36-26-24-34(32-15-5-2-6-16-32)30-42(36)47-39(41(35)29-33)27-28-43(48-47)40-19-9-12-22-46(40)49-44-20-10-7-17-37(44)38-18-8-11-21-45(38)49;1-23-15-17-25-26-18-16-24(2)22-32(26)37-29(31(25)21-23)19-20-33(38-37)30-11-5-8-14-36(30)39-34-12-6-3-9-27(34)28-10-4-7-13-35(28)39/h1-30H;3-22H,1-2H3. The number of hydrogen-bond acceptors (Lipinski definition) is 2. The summed E-state index contributed by atoms with van der Waals surface area (Å²) in [5.74, 6) is 0. The predicted octanol–water partition coefficient (Wildman–Crippen LogP) is 22.6. The van der Waals surface area contributed by atoms with Crippen LogP contribution in [0.5, 0.6) is 0 Å². The van der Waals surface area contributed by atoms with E-state index in [9.17, 15) is 0 Å². The molecule has 0 saturated carbocycles. The van der Waals surface area contributed by atoms with Gasteiger partial charge in [-0.25, -0.2) is 9.97 Å². The molecular weight excluding hydrogens is 1060 g/mol. The first kappa shape index (κ1) is 51.0. The minimum atomic E-state index is 0.954. The van der Waals surface area contributed by atoms with Gasteiger partial charge in [0, 0.05) is 54.2 Å². The molecule has 0 aliphatic rings. The second-order valence-corrected chi connectivity index (χ2v) is 23.3. The highest BCUT2D eigenvalue weighted by Gasteiger charge is 2.21. The van der Waals surface area contributed by atoms with Crippen LogP contribution in [-0.2, 0) is 0 Å². The average molecular weight is 1120 g/mol. The van der Waals surface area contributed by atoms with Crippen molar-refractivity contribution >= 4 is 109 Å². The van der Waals surface area contributed by atoms with Gasteiger partial charge in [-0.2, -0.15) is 0 Å². The van der Waals surface area contributed by atoms with E-state index < -0.39 is 0 Å². The average Bonchev–Trinajstić information content (AvgIpc) is 1.79. The Hall–Kier alpha value is -11.5. The Labute approximate surface area is 509 Å². The number of aryl methyl sites for hydroxylation is 2. The normalized spacial score (nSPS) is 11.8. The molecule has 0 amide bonds. The van der Waals surface area contributed by atoms with Gasteiger partial charge >= 0.3 is 0 Å². The molecule has 0 unspecified atom stereocenters. The SMILES string of the molecule is Cc1ccc2c(c1)c1ccc(-c3ccccc3-n3c4ccccc4c4ccccc43)nc1c1cc(C)ccc21.c1ccc(-c2ccc3c(c2)c2ccc(-c4ccccc4-n4c5ccccc5c5ccccc54)nc2c2cc(-c4ccccc4)ccc32)cc1. The topological polar surface area (TPSA) is 35.6 Å². The maximum Gasteiger partial charge on any atom is 0.0794 e. The molecule has 0 bridgehead atoms. The van der Waals surface area contributed by atoms with Crippen LogP contribution in [0.1, 0.15) is 11.1 Å². The maximum atomic E-state index is 5.58. The molecule has 0 fully saturated rings. The van der Waals surface area contributed by atoms with Crippen LogP contribution in [-0.4, -0.2) is 19.1 Å². The first-order chi connectivity index (χ1) is 43.5. The molecule has 0 aliphatic heterocycles. The van der Waals surface area contributed by atoms with Gasteiger partial charge in [0.05, 0.1) is 55.9 Å². The summed E-state index contributed by atoms with van der Waals surface area (Å²) in [6.07, 6.45) is 0. The van der Waals surface area contributed by atoms with Gasteiger partial charge in [0.1, 0.15) is 0 Å². The van der Waals surface area contributed by atoms with Crippen LogP contribution < -0.4 is 0 Å². The number of hydrogen-bond donors (Lipinski definition) is 0. The summed E-state index contributed by atoms with van der Waals surface area (Å²) >= 11 is 0. The van der Waals surface area contributed by atoms with E-state index >= 15 is 0 Å². The minimum Gasteiger partial charge on any atom is -0.309 e. The molecule has 0 N–H and O–H groups in total. The van der Waals surface area contributed by atoms with Crippen molar-refractivity contribution in [2.45, 2.75) is 13.8 Å². The lowest BCUT2D eigenvalue weighted by Crippen LogP contribution is -1.98. The number of benzene rings is 14. The van der Waals surface area contributed by atoms with Crippen molar-refractivity contribution in [2.24, 2.45) is 0 Å². The summed E-state index contributed by atoms with van der Waals surface area (Å²) < 4.78 is 4.78. The van der Waals surface area contributed by atoms with Crippen molar-refractivity contribution in [1.29, 1.82) is 0 Å². The lowest BCUT2D eigenvalue weighted by Gasteiger charge is -2.16. The molecule has 0 radical (unpaired) electrons. The lowest BCUT2D eigenvalue weighted by atomic mass is 9.92. The summed E-state index contributed by atoms with van der Waals surface area (Å²) in [7, 11) is 0. The summed E-state index contributed by atoms with van der Waals surface area (Å²) in [4.78, 5) is 11.0. The van der Waals surface area contributed by atoms with E-state index in [1.54, 1.807) is 0 Å². The zero-order chi connectivity index (χ0) is 58.4. The molecule has 18 aromatic rings. The molecule has 4 nitrogen and oxygen atoms in total. The van der Waals surface area contributed by atoms with E-state index in [2.05, 4.69) is 326 Å². The summed E-state index contributed by atoms with van der Waals surface area (Å²) in [6.45, 7) is 4.32. The van der Waals surface area contributed by atoms with E-state index in [1.165, 1.54) is 120 Å². The molecule has 0 saturated heterocycles. The molecule has 88 heavy (non-hydrogen) atoms. The van der Waals surface area contributed by atoms with Crippen LogP contribution in [0.4, 0.5) is 0 Å². The van der Waals surface area contributed by atoms with E-state index in [4.69, 9.17) is 9.97 Å². The Morgan fingerprint density at radius 2 is 0.534 bits per heavy atom. The quantitative estimate of drug-likeness (QED) is 0.156. The van der Waals surface area contributed by atoms with Gasteiger partial charge < -0.3 is 9.13 Å². The van der Waals surface area contributed by atoms with Crippen LogP contribution in [0.3, 0.4) is 0 Å². The summed E-state index contributed by atoms with van der Waals surface area (Å²) in [5.41, 5.74) is 20.6. The lowest BCUT2D eigenvalue weighted by molar-refractivity contribution is 1.18. The van der Waals surface area contributed by atoms with Crippen LogP contribution in [0.15, 0.2) is 303 Å². The summed E-state index contributed by atoms with van der Waals surface area (Å²) in [5, 5.41) is 17.2. The smallest absolute Gasteiger partial charge is 0.0794 e. The van der Waals surface area contributed by atoms with Crippen molar-refractivity contribution in [3.63, 3.8) is 0 Å². The Morgan fingerprint density at radius 1 is 0.216 bits per heavy atom. The zero-order valence-corrected chi connectivity index (χ0v) is 48.7. The maximum absolute atomic E-state index is 5.58. The zero-order valence-electron chi connectivity index (χ0n) is 48.7. The molecular formula is C84H56N4. The van der Waals surface area contributed by atoms with Crippen molar-refractivity contribution in [3.8, 4) is 56.1 Å². The fraction of sp³-hybridized carbons (Fsp3) is 0.0238. The Morgan fingerprint density at radius 3 is 0.977 bits per heavy atom. The molecule has 412 valence electrons. The number of fused-ring (bicyclic) bond motifs is 18. The molecule has 0 atom stereocenters. The number of para-hydroxylation sites is 6. The van der Waals surface area contributed by atoms with E-state index in [-0.39, 0.29) is 0 Å². The van der Waals surface area contributed by atoms with E-state index in [0.29, 0.717) is 0 Å². The third-order valence-corrected chi connectivity index (χ3v) is 18.1.